The maximum Gasteiger partial charge on any atom is 0.303 e. The highest BCUT2D eigenvalue weighted by molar-refractivity contribution is 7.99. The Morgan fingerprint density at radius 3 is 1.65 bits per heavy atom. The molecule has 0 bridgehead atoms. The average Bonchev–Trinajstić information content (AvgIpc) is 3.97. The summed E-state index contributed by atoms with van der Waals surface area (Å²) in [4.78, 5) is 20.5. The highest BCUT2D eigenvalue weighted by Crippen LogP contribution is 2.34. The fourth-order valence-electron chi connectivity index (χ4n) is 6.30. The number of unbranched alkanes of at least 4 members (excludes halogenated alkanes) is 1. The molecule has 0 saturated heterocycles. The Kier molecular flexibility index (Phi) is 12.4. The fraction of sp³-hybridized carbons (Fsp3) is 0.262. The summed E-state index contributed by atoms with van der Waals surface area (Å²) < 4.78 is 17.9. The Bertz CT molecular complexity index is 2520. The molecule has 0 aliphatic rings. The van der Waals surface area contributed by atoms with E-state index >= 15 is 0 Å². The number of aliphatic carboxylic acids is 1. The maximum atomic E-state index is 10.8. The number of carbonyl (C=O) groups is 1. The second-order valence-corrected chi connectivity index (χ2v) is 16.7. The van der Waals surface area contributed by atoms with Crippen LogP contribution >= 0.6 is 46.2 Å². The second kappa shape index (κ2) is 17.8. The third kappa shape index (κ3) is 8.57. The first-order valence-electron chi connectivity index (χ1n) is 17.9. The smallest absolute Gasteiger partial charge is 0.303 e. The van der Waals surface area contributed by atoms with Crippen LogP contribution in [0.4, 0.5) is 0 Å². The molecule has 0 fully saturated rings. The quantitative estimate of drug-likeness (QED) is 0.0810. The minimum atomic E-state index is -0.761. The predicted octanol–water partition coefficient (Wildman–Crippen LogP) is 11.5. The van der Waals surface area contributed by atoms with Gasteiger partial charge in [0.05, 0.1) is 49.4 Å². The fourth-order valence-corrected chi connectivity index (χ4v) is 10.3. The number of aromatic nitrogens is 4. The van der Waals surface area contributed by atoms with Crippen LogP contribution in [0.25, 0.3) is 42.2 Å². The van der Waals surface area contributed by atoms with E-state index < -0.39 is 5.97 Å². The van der Waals surface area contributed by atoms with Crippen molar-refractivity contribution in [3.8, 4) is 11.5 Å². The Balaban J connectivity index is 0.000000167. The van der Waals surface area contributed by atoms with Crippen LogP contribution in [0.3, 0.4) is 0 Å². The van der Waals surface area contributed by atoms with E-state index in [0.717, 1.165) is 63.0 Å². The molecule has 4 aromatic heterocycles. The van der Waals surface area contributed by atoms with E-state index in [1.54, 1.807) is 37.3 Å². The highest BCUT2D eigenvalue weighted by atomic mass is 32.2. The Morgan fingerprint density at radius 1 is 0.704 bits per heavy atom. The number of imidazole rings is 2. The molecule has 0 radical (unpaired) electrons. The number of rotatable bonds is 15. The number of thiophene rings is 2. The van der Waals surface area contributed by atoms with Crippen LogP contribution in [0.15, 0.2) is 106 Å². The van der Waals surface area contributed by atoms with Crippen LogP contribution in [0.1, 0.15) is 43.7 Å². The number of carboxylic acids is 1. The van der Waals surface area contributed by atoms with Crippen LogP contribution in [-0.4, -0.2) is 55.9 Å². The molecule has 0 amide bonds. The van der Waals surface area contributed by atoms with Gasteiger partial charge in [0.15, 0.2) is 10.3 Å². The number of carboxylic acid groups (broad SMARTS) is 1. The largest absolute Gasteiger partial charge is 0.497 e. The number of fused-ring (bicyclic) bond motifs is 4. The van der Waals surface area contributed by atoms with E-state index in [1.807, 2.05) is 53.4 Å². The van der Waals surface area contributed by atoms with Crippen molar-refractivity contribution < 1.29 is 19.4 Å². The lowest BCUT2D eigenvalue weighted by Gasteiger charge is -2.09. The number of methoxy groups -OCH3 is 2. The maximum absolute atomic E-state index is 10.8. The van der Waals surface area contributed by atoms with Gasteiger partial charge in [-0.25, -0.2) is 9.97 Å². The summed E-state index contributed by atoms with van der Waals surface area (Å²) in [5.41, 5.74) is 6.74. The topological polar surface area (TPSA) is 91.4 Å². The molecule has 0 saturated carbocycles. The van der Waals surface area contributed by atoms with E-state index in [2.05, 4.69) is 81.4 Å². The number of hydrogen-bond acceptors (Lipinski definition) is 9. The van der Waals surface area contributed by atoms with Crippen LogP contribution < -0.4 is 9.47 Å². The first-order valence-corrected chi connectivity index (χ1v) is 21.6. The molecule has 278 valence electrons. The minimum Gasteiger partial charge on any atom is -0.497 e. The molecule has 0 aliphatic heterocycles. The Labute approximate surface area is 331 Å². The lowest BCUT2D eigenvalue weighted by atomic mass is 10.2. The van der Waals surface area contributed by atoms with E-state index in [4.69, 9.17) is 24.5 Å². The SMILES string of the molecule is CCCCSc1nc2cc(OC)ccc2n1Cc1csc2ccccc12.COc1ccc2c(c1)nc(SCCCC(=O)O)n2Cc1csc2ccccc12. The summed E-state index contributed by atoms with van der Waals surface area (Å²) in [5.74, 6) is 2.69. The first-order chi connectivity index (χ1) is 26.4. The first kappa shape index (κ1) is 37.8. The molecule has 0 spiro atoms. The normalized spacial score (nSPS) is 11.4. The highest BCUT2D eigenvalue weighted by Gasteiger charge is 2.16. The lowest BCUT2D eigenvalue weighted by Crippen LogP contribution is -2.02. The van der Waals surface area contributed by atoms with Crippen molar-refractivity contribution in [2.45, 2.75) is 56.0 Å². The van der Waals surface area contributed by atoms with Crippen molar-refractivity contribution in [3.63, 3.8) is 0 Å². The zero-order valence-electron chi connectivity index (χ0n) is 30.5. The van der Waals surface area contributed by atoms with Crippen LogP contribution in [-0.2, 0) is 17.9 Å². The zero-order chi connectivity index (χ0) is 37.4. The van der Waals surface area contributed by atoms with Crippen LogP contribution in [0.2, 0.25) is 0 Å². The molecular weight excluding hydrogens is 753 g/mol. The van der Waals surface area contributed by atoms with Gasteiger partial charge in [-0.15, -0.1) is 22.7 Å². The molecule has 12 heteroatoms. The summed E-state index contributed by atoms with van der Waals surface area (Å²) in [6.07, 6.45) is 3.21. The van der Waals surface area contributed by atoms with Gasteiger partial charge in [0.25, 0.3) is 0 Å². The molecule has 4 heterocycles. The van der Waals surface area contributed by atoms with Gasteiger partial charge in [0.1, 0.15) is 11.5 Å². The second-order valence-electron chi connectivity index (χ2n) is 12.7. The molecular formula is C42H42N4O4S4. The van der Waals surface area contributed by atoms with Crippen LogP contribution in [0, 0.1) is 0 Å². The number of ether oxygens (including phenoxy) is 2. The lowest BCUT2D eigenvalue weighted by molar-refractivity contribution is -0.137. The predicted molar refractivity (Wildman–Crippen MR) is 228 cm³/mol. The van der Waals surface area contributed by atoms with Crippen molar-refractivity contribution in [1.29, 1.82) is 0 Å². The molecule has 4 aromatic carbocycles. The van der Waals surface area contributed by atoms with E-state index in [-0.39, 0.29) is 6.42 Å². The standard InChI is InChI=1S/C21H20N2O3S2.C21H22N2OS2/c1-26-15-8-9-18-17(11-15)22-21(27-10-4-7-20(24)25)23(18)12-14-13-28-19-6-3-2-5-16(14)19;1-3-4-11-25-21-22-18-12-16(24-2)9-10-19(18)23(21)13-15-14-26-20-8-6-5-7-17(15)20/h2-3,5-6,8-9,11,13H,4,7,10,12H2,1H3,(H,24,25);5-10,12,14H,3-4,11,13H2,1-2H3. The third-order valence-electron chi connectivity index (χ3n) is 9.12. The monoisotopic (exact) mass is 794 g/mol. The van der Waals surface area contributed by atoms with Gasteiger partial charge < -0.3 is 23.7 Å². The van der Waals surface area contributed by atoms with Crippen molar-refractivity contribution >= 4 is 94.4 Å². The number of hydrogen-bond donors (Lipinski definition) is 1. The van der Waals surface area contributed by atoms with Gasteiger partial charge in [-0.1, -0.05) is 73.3 Å². The number of benzene rings is 4. The van der Waals surface area contributed by atoms with Gasteiger partial charge in [0.2, 0.25) is 0 Å². The third-order valence-corrected chi connectivity index (χ3v) is 13.3. The summed E-state index contributed by atoms with van der Waals surface area (Å²) in [6, 6.07) is 29.2. The molecule has 8 rings (SSSR count). The van der Waals surface area contributed by atoms with Gasteiger partial charge in [-0.05, 0) is 81.9 Å². The Morgan fingerprint density at radius 2 is 1.19 bits per heavy atom. The van der Waals surface area contributed by atoms with Gasteiger partial charge >= 0.3 is 5.97 Å². The summed E-state index contributed by atoms with van der Waals surface area (Å²) in [6.45, 7) is 3.81. The van der Waals surface area contributed by atoms with Gasteiger partial charge in [-0.2, -0.15) is 0 Å². The van der Waals surface area contributed by atoms with E-state index in [1.165, 1.54) is 49.7 Å². The average molecular weight is 795 g/mol. The van der Waals surface area contributed by atoms with Gasteiger partial charge in [-0.3, -0.25) is 4.79 Å². The molecule has 8 nitrogen and oxygen atoms in total. The minimum absolute atomic E-state index is 0.177. The van der Waals surface area contributed by atoms with Crippen molar-refractivity contribution in [3.05, 3.63) is 107 Å². The molecule has 0 unspecified atom stereocenters. The Hall–Kier alpha value is -4.49. The van der Waals surface area contributed by atoms with E-state index in [0.29, 0.717) is 6.42 Å². The summed E-state index contributed by atoms with van der Waals surface area (Å²) >= 11 is 7.03. The molecule has 0 aliphatic carbocycles. The summed E-state index contributed by atoms with van der Waals surface area (Å²) in [5, 5.41) is 18.0. The van der Waals surface area contributed by atoms with Crippen molar-refractivity contribution in [2.75, 3.05) is 25.7 Å². The van der Waals surface area contributed by atoms with Crippen molar-refractivity contribution in [1.82, 2.24) is 19.1 Å². The molecule has 8 aromatic rings. The zero-order valence-corrected chi connectivity index (χ0v) is 33.8. The number of thioether (sulfide) groups is 2. The molecule has 1 N–H and O–H groups in total. The van der Waals surface area contributed by atoms with Gasteiger partial charge in [0, 0.05) is 39.5 Å². The summed E-state index contributed by atoms with van der Waals surface area (Å²) in [7, 11) is 3.35. The van der Waals surface area contributed by atoms with E-state index in [9.17, 15) is 4.79 Å². The van der Waals surface area contributed by atoms with Crippen molar-refractivity contribution in [2.24, 2.45) is 0 Å². The molecule has 0 atom stereocenters. The molecule has 54 heavy (non-hydrogen) atoms. The number of nitrogens with zero attached hydrogens (tertiary/aromatic N) is 4. The van der Waals surface area contributed by atoms with Crippen LogP contribution in [0.5, 0.6) is 11.5 Å².